The van der Waals surface area contributed by atoms with Gasteiger partial charge in [0.1, 0.15) is 12.1 Å². The molecule has 0 spiro atoms. The highest BCUT2D eigenvalue weighted by molar-refractivity contribution is 6.31. The first kappa shape index (κ1) is 26.9. The first-order valence-corrected chi connectivity index (χ1v) is 14.4. The molecule has 1 atom stereocenters. The summed E-state index contributed by atoms with van der Waals surface area (Å²) in [5, 5.41) is 14.8. The van der Waals surface area contributed by atoms with Crippen LogP contribution in [0.4, 0.5) is 0 Å². The topological polar surface area (TPSA) is 70.7 Å². The maximum absolute atomic E-state index is 6.30. The van der Waals surface area contributed by atoms with Crippen molar-refractivity contribution in [3.8, 4) is 5.75 Å². The molecule has 9 heteroatoms. The summed E-state index contributed by atoms with van der Waals surface area (Å²) in [5.41, 5.74) is 5.94. The van der Waals surface area contributed by atoms with E-state index in [1.807, 2.05) is 54.6 Å². The van der Waals surface area contributed by atoms with E-state index in [-0.39, 0.29) is 12.8 Å². The lowest BCUT2D eigenvalue weighted by atomic mass is 9.96. The highest BCUT2D eigenvalue weighted by atomic mass is 35.5. The Hall–Kier alpha value is -4.98. The normalized spacial score (nSPS) is 12.3. The molecular formula is C34H24Cl2N6O. The summed E-state index contributed by atoms with van der Waals surface area (Å²) in [5.74, 6) is 0.732. The van der Waals surface area contributed by atoms with Crippen molar-refractivity contribution in [3.63, 3.8) is 0 Å². The molecule has 0 saturated carbocycles. The number of tetrazole rings is 1. The van der Waals surface area contributed by atoms with Gasteiger partial charge >= 0.3 is 0 Å². The first-order chi connectivity index (χ1) is 21.1. The van der Waals surface area contributed by atoms with Crippen LogP contribution in [0.1, 0.15) is 28.4 Å². The fourth-order valence-electron chi connectivity index (χ4n) is 5.26. The fourth-order valence-corrected chi connectivity index (χ4v) is 5.56. The van der Waals surface area contributed by atoms with Crippen LogP contribution < -0.4 is 4.74 Å². The largest absolute Gasteiger partial charge is 0.469 e. The molecule has 7 nitrogen and oxygen atoms in total. The number of aromatic nitrogens is 6. The minimum atomic E-state index is -0.151. The molecule has 0 N–H and O–H groups in total. The van der Waals surface area contributed by atoms with Gasteiger partial charge in [0.2, 0.25) is 0 Å². The van der Waals surface area contributed by atoms with Crippen LogP contribution in [-0.4, -0.2) is 29.8 Å². The molecule has 0 aliphatic heterocycles. The van der Waals surface area contributed by atoms with E-state index in [1.54, 1.807) is 0 Å². The van der Waals surface area contributed by atoms with E-state index >= 15 is 0 Å². The smallest absolute Gasteiger partial charge is 0.184 e. The third-order valence-electron chi connectivity index (χ3n) is 7.26. The van der Waals surface area contributed by atoms with Crippen molar-refractivity contribution in [1.82, 2.24) is 29.8 Å². The van der Waals surface area contributed by atoms with Gasteiger partial charge in [-0.05, 0) is 81.7 Å². The molecule has 3 aromatic heterocycles. The standard InChI is InChI=1S/C34H24Cl2N6O/c35-28-12-9-26(10-13-28)33(42-18-17-25-4-2-6-32(34(25)42)43-22-41-21-37-39-40-41)27-5-1-3-23(19-27)7-15-30-16-11-24-8-14-29(36)20-31(24)38-30/h1-21,33H,22H2/b15-7+. The van der Waals surface area contributed by atoms with Crippen molar-refractivity contribution in [2.24, 2.45) is 0 Å². The number of para-hydroxylation sites is 1. The van der Waals surface area contributed by atoms with Crippen molar-refractivity contribution < 1.29 is 4.74 Å². The average Bonchev–Trinajstić information content (AvgIpc) is 3.71. The lowest BCUT2D eigenvalue weighted by Crippen LogP contribution is -2.13. The van der Waals surface area contributed by atoms with Gasteiger partial charge in [-0.2, -0.15) is 4.68 Å². The Morgan fingerprint density at radius 3 is 2.47 bits per heavy atom. The maximum atomic E-state index is 6.30. The van der Waals surface area contributed by atoms with E-state index < -0.39 is 0 Å². The summed E-state index contributed by atoms with van der Waals surface area (Å²) in [6.07, 6.45) is 7.72. The number of hydrogen-bond acceptors (Lipinski definition) is 5. The molecule has 210 valence electrons. The third-order valence-corrected chi connectivity index (χ3v) is 7.75. The van der Waals surface area contributed by atoms with Crippen molar-refractivity contribution in [2.75, 3.05) is 0 Å². The van der Waals surface area contributed by atoms with Crippen LogP contribution in [0.15, 0.2) is 116 Å². The average molecular weight is 604 g/mol. The van der Waals surface area contributed by atoms with Gasteiger partial charge in [-0.1, -0.05) is 83.9 Å². The van der Waals surface area contributed by atoms with Gasteiger partial charge in [0.25, 0.3) is 0 Å². The molecule has 0 aliphatic carbocycles. The summed E-state index contributed by atoms with van der Waals surface area (Å²) in [4.78, 5) is 4.77. The second-order valence-electron chi connectivity index (χ2n) is 10.1. The summed E-state index contributed by atoms with van der Waals surface area (Å²) < 4.78 is 9.99. The van der Waals surface area contributed by atoms with E-state index in [4.69, 9.17) is 32.9 Å². The second kappa shape index (κ2) is 11.7. The lowest BCUT2D eigenvalue weighted by molar-refractivity contribution is 0.220. The SMILES string of the molecule is Clc1ccc(C(c2cccc(/C=C/c3ccc4ccc(Cl)cc4n3)c2)n2ccc3cccc(OCn4cnnn4)c32)cc1. The summed E-state index contributed by atoms with van der Waals surface area (Å²) in [6, 6.07) is 34.3. The number of pyridine rings is 1. The van der Waals surface area contributed by atoms with Crippen LogP contribution in [0.25, 0.3) is 34.0 Å². The molecule has 3 heterocycles. The van der Waals surface area contributed by atoms with E-state index in [0.29, 0.717) is 10.0 Å². The molecule has 0 radical (unpaired) electrons. The zero-order chi connectivity index (χ0) is 29.2. The Balaban J connectivity index is 1.28. The molecule has 0 aliphatic rings. The van der Waals surface area contributed by atoms with E-state index in [2.05, 4.69) is 87.0 Å². The number of nitrogens with zero attached hydrogens (tertiary/aromatic N) is 6. The van der Waals surface area contributed by atoms with Gasteiger partial charge < -0.3 is 9.30 Å². The number of fused-ring (bicyclic) bond motifs is 2. The van der Waals surface area contributed by atoms with Crippen molar-refractivity contribution in [2.45, 2.75) is 12.8 Å². The van der Waals surface area contributed by atoms with Crippen LogP contribution >= 0.6 is 23.2 Å². The highest BCUT2D eigenvalue weighted by Gasteiger charge is 2.21. The van der Waals surface area contributed by atoms with Crippen LogP contribution in [0.3, 0.4) is 0 Å². The van der Waals surface area contributed by atoms with Crippen LogP contribution in [0.2, 0.25) is 10.0 Å². The van der Waals surface area contributed by atoms with Gasteiger partial charge in [0.15, 0.2) is 6.73 Å². The Labute approximate surface area is 257 Å². The Morgan fingerprint density at radius 2 is 1.60 bits per heavy atom. The predicted molar refractivity (Wildman–Crippen MR) is 171 cm³/mol. The van der Waals surface area contributed by atoms with Crippen LogP contribution in [-0.2, 0) is 6.73 Å². The van der Waals surface area contributed by atoms with Gasteiger partial charge in [-0.25, -0.2) is 4.98 Å². The summed E-state index contributed by atoms with van der Waals surface area (Å²) in [7, 11) is 0. The minimum absolute atomic E-state index is 0.151. The van der Waals surface area contributed by atoms with Gasteiger partial charge in [-0.3, -0.25) is 0 Å². The number of hydrogen-bond donors (Lipinski definition) is 0. The number of rotatable bonds is 8. The Kier molecular flexibility index (Phi) is 7.33. The molecule has 0 fully saturated rings. The number of benzene rings is 4. The number of ether oxygens (including phenoxy) is 1. The Bertz CT molecular complexity index is 2070. The van der Waals surface area contributed by atoms with Gasteiger partial charge in [-0.15, -0.1) is 5.10 Å². The van der Waals surface area contributed by atoms with Gasteiger partial charge in [0.05, 0.1) is 22.8 Å². The molecule has 43 heavy (non-hydrogen) atoms. The predicted octanol–water partition coefficient (Wildman–Crippen LogP) is 8.33. The molecular weight excluding hydrogens is 579 g/mol. The van der Waals surface area contributed by atoms with E-state index in [1.165, 1.54) is 11.0 Å². The molecule has 7 aromatic rings. The fraction of sp³-hybridized carbons (Fsp3) is 0.0588. The zero-order valence-electron chi connectivity index (χ0n) is 22.8. The van der Waals surface area contributed by atoms with E-state index in [9.17, 15) is 0 Å². The van der Waals surface area contributed by atoms with Crippen LogP contribution in [0.5, 0.6) is 5.75 Å². The van der Waals surface area contributed by atoms with Crippen LogP contribution in [0, 0.1) is 0 Å². The quantitative estimate of drug-likeness (QED) is 0.175. The molecule has 1 unspecified atom stereocenters. The van der Waals surface area contributed by atoms with E-state index in [0.717, 1.165) is 49.9 Å². The molecule has 0 saturated heterocycles. The third kappa shape index (κ3) is 5.73. The maximum Gasteiger partial charge on any atom is 0.184 e. The molecule has 7 rings (SSSR count). The monoisotopic (exact) mass is 602 g/mol. The minimum Gasteiger partial charge on any atom is -0.469 e. The van der Waals surface area contributed by atoms with Crippen molar-refractivity contribution in [3.05, 3.63) is 148 Å². The lowest BCUT2D eigenvalue weighted by Gasteiger charge is -2.23. The molecule has 0 bridgehead atoms. The van der Waals surface area contributed by atoms with Crippen molar-refractivity contribution >= 4 is 57.2 Å². The second-order valence-corrected chi connectivity index (χ2v) is 10.9. The van der Waals surface area contributed by atoms with Crippen molar-refractivity contribution in [1.29, 1.82) is 0 Å². The first-order valence-electron chi connectivity index (χ1n) is 13.6. The summed E-state index contributed by atoms with van der Waals surface area (Å²) >= 11 is 12.5. The van der Waals surface area contributed by atoms with Gasteiger partial charge in [0, 0.05) is 27.0 Å². The Morgan fingerprint density at radius 1 is 0.767 bits per heavy atom. The molecule has 4 aromatic carbocycles. The highest BCUT2D eigenvalue weighted by Crippen LogP contribution is 2.36. The number of halogens is 2. The zero-order valence-corrected chi connectivity index (χ0v) is 24.3. The molecule has 0 amide bonds. The summed E-state index contributed by atoms with van der Waals surface area (Å²) in [6.45, 7) is 0.193.